The maximum Gasteiger partial charge on any atom is 0.338 e. The standard InChI is InChI=1S/C22H26N2O6/c1-3-5-13-29-18-12-11-17(14-19(18)28-4-2)22(27)30-15-20(25)23-24-21(26)16-9-7-6-8-10-16/h6-12,14H,3-5,13,15H2,1-2H3,(H,23,25)(H,24,26). The Kier molecular flexibility index (Phi) is 9.18. The van der Waals surface area contributed by atoms with Gasteiger partial charge in [-0.25, -0.2) is 4.79 Å². The van der Waals surface area contributed by atoms with Crippen molar-refractivity contribution in [3.05, 3.63) is 59.7 Å². The van der Waals surface area contributed by atoms with E-state index in [1.807, 2.05) is 6.92 Å². The maximum atomic E-state index is 12.3. The molecule has 0 aliphatic rings. The van der Waals surface area contributed by atoms with Crippen LogP contribution >= 0.6 is 0 Å². The smallest absolute Gasteiger partial charge is 0.338 e. The Labute approximate surface area is 175 Å². The summed E-state index contributed by atoms with van der Waals surface area (Å²) in [4.78, 5) is 36.0. The molecule has 0 radical (unpaired) electrons. The quantitative estimate of drug-likeness (QED) is 0.352. The third-order valence-electron chi connectivity index (χ3n) is 3.92. The number of carbonyl (C=O) groups is 3. The molecule has 8 heteroatoms. The van der Waals surface area contributed by atoms with Crippen molar-refractivity contribution in [3.8, 4) is 11.5 Å². The Bertz CT molecular complexity index is 854. The van der Waals surface area contributed by atoms with Crippen LogP contribution in [-0.2, 0) is 9.53 Å². The monoisotopic (exact) mass is 414 g/mol. The molecule has 0 bridgehead atoms. The van der Waals surface area contributed by atoms with Gasteiger partial charge in [0, 0.05) is 5.56 Å². The SMILES string of the molecule is CCCCOc1ccc(C(=O)OCC(=O)NNC(=O)c2ccccc2)cc1OCC. The predicted molar refractivity (Wildman–Crippen MR) is 110 cm³/mol. The average Bonchev–Trinajstić information content (AvgIpc) is 2.77. The maximum absolute atomic E-state index is 12.3. The summed E-state index contributed by atoms with van der Waals surface area (Å²) >= 11 is 0. The molecule has 0 spiro atoms. The fourth-order valence-corrected chi connectivity index (χ4v) is 2.39. The molecule has 2 N–H and O–H groups in total. The van der Waals surface area contributed by atoms with Gasteiger partial charge in [0.15, 0.2) is 18.1 Å². The first kappa shape index (κ1) is 22.7. The van der Waals surface area contributed by atoms with Crippen molar-refractivity contribution in [2.45, 2.75) is 26.7 Å². The van der Waals surface area contributed by atoms with Gasteiger partial charge in [0.1, 0.15) is 0 Å². The molecule has 0 saturated heterocycles. The summed E-state index contributed by atoms with van der Waals surface area (Å²) in [6.45, 7) is 4.30. The van der Waals surface area contributed by atoms with Crippen LogP contribution in [0, 0.1) is 0 Å². The van der Waals surface area contributed by atoms with Gasteiger partial charge in [0.25, 0.3) is 11.8 Å². The summed E-state index contributed by atoms with van der Waals surface area (Å²) in [6, 6.07) is 13.1. The molecule has 0 fully saturated rings. The number of nitrogens with one attached hydrogen (secondary N) is 2. The summed E-state index contributed by atoms with van der Waals surface area (Å²) in [5, 5.41) is 0. The number of hydrogen-bond donors (Lipinski definition) is 2. The Balaban J connectivity index is 1.86. The summed E-state index contributed by atoms with van der Waals surface area (Å²) in [6.07, 6.45) is 1.91. The van der Waals surface area contributed by atoms with Crippen molar-refractivity contribution in [3.63, 3.8) is 0 Å². The molecule has 160 valence electrons. The zero-order valence-electron chi connectivity index (χ0n) is 17.1. The van der Waals surface area contributed by atoms with E-state index in [0.29, 0.717) is 30.3 Å². The van der Waals surface area contributed by atoms with Crippen molar-refractivity contribution in [1.29, 1.82) is 0 Å². The number of rotatable bonds is 10. The zero-order chi connectivity index (χ0) is 21.8. The van der Waals surface area contributed by atoms with E-state index in [0.717, 1.165) is 12.8 Å². The van der Waals surface area contributed by atoms with Crippen LogP contribution in [0.25, 0.3) is 0 Å². The van der Waals surface area contributed by atoms with Crippen molar-refractivity contribution < 1.29 is 28.6 Å². The number of amides is 2. The molecule has 0 saturated carbocycles. The van der Waals surface area contributed by atoms with Crippen LogP contribution in [-0.4, -0.2) is 37.6 Å². The first-order chi connectivity index (χ1) is 14.5. The number of esters is 1. The first-order valence-corrected chi connectivity index (χ1v) is 9.76. The van der Waals surface area contributed by atoms with E-state index in [1.54, 1.807) is 42.5 Å². The van der Waals surface area contributed by atoms with Crippen LogP contribution < -0.4 is 20.3 Å². The molecule has 0 aliphatic carbocycles. The second-order valence-corrected chi connectivity index (χ2v) is 6.24. The molecule has 0 unspecified atom stereocenters. The van der Waals surface area contributed by atoms with Crippen molar-refractivity contribution in [1.82, 2.24) is 10.9 Å². The van der Waals surface area contributed by atoms with Crippen LogP contribution in [0.15, 0.2) is 48.5 Å². The lowest BCUT2D eigenvalue weighted by atomic mass is 10.2. The third kappa shape index (κ3) is 7.12. The van der Waals surface area contributed by atoms with Crippen molar-refractivity contribution in [2.75, 3.05) is 19.8 Å². The first-order valence-electron chi connectivity index (χ1n) is 9.76. The summed E-state index contributed by atoms with van der Waals surface area (Å²) in [5.41, 5.74) is 5.06. The molecule has 2 aromatic carbocycles. The highest BCUT2D eigenvalue weighted by Gasteiger charge is 2.15. The van der Waals surface area contributed by atoms with E-state index in [1.165, 1.54) is 6.07 Å². The number of carbonyl (C=O) groups excluding carboxylic acids is 3. The van der Waals surface area contributed by atoms with E-state index < -0.39 is 24.4 Å². The lowest BCUT2D eigenvalue weighted by molar-refractivity contribution is -0.125. The van der Waals surface area contributed by atoms with Crippen molar-refractivity contribution in [2.24, 2.45) is 0 Å². The number of hydrazine groups is 1. The van der Waals surface area contributed by atoms with Gasteiger partial charge in [0.2, 0.25) is 0 Å². The Hall–Kier alpha value is -3.55. The lowest BCUT2D eigenvalue weighted by Crippen LogP contribution is -2.43. The van der Waals surface area contributed by atoms with Gasteiger partial charge in [-0.2, -0.15) is 0 Å². The summed E-state index contributed by atoms with van der Waals surface area (Å²) in [7, 11) is 0. The van der Waals surface area contributed by atoms with Gasteiger partial charge in [0.05, 0.1) is 18.8 Å². The van der Waals surface area contributed by atoms with Gasteiger partial charge in [-0.05, 0) is 43.7 Å². The second kappa shape index (κ2) is 12.1. The Morgan fingerprint density at radius 1 is 0.867 bits per heavy atom. The largest absolute Gasteiger partial charge is 0.490 e. The summed E-state index contributed by atoms with van der Waals surface area (Å²) in [5.74, 6) is -0.862. The van der Waals surface area contributed by atoms with E-state index in [2.05, 4.69) is 17.8 Å². The van der Waals surface area contributed by atoms with Gasteiger partial charge in [-0.3, -0.25) is 20.4 Å². The molecular formula is C22H26N2O6. The van der Waals surface area contributed by atoms with Gasteiger partial charge >= 0.3 is 5.97 Å². The van der Waals surface area contributed by atoms with E-state index in [4.69, 9.17) is 14.2 Å². The van der Waals surface area contributed by atoms with E-state index in [-0.39, 0.29) is 5.56 Å². The van der Waals surface area contributed by atoms with Gasteiger partial charge < -0.3 is 14.2 Å². The highest BCUT2D eigenvalue weighted by molar-refractivity contribution is 5.96. The molecule has 0 aromatic heterocycles. The normalized spacial score (nSPS) is 10.1. The molecule has 2 amide bonds. The highest BCUT2D eigenvalue weighted by atomic mass is 16.5. The zero-order valence-corrected chi connectivity index (χ0v) is 17.1. The van der Waals surface area contributed by atoms with Crippen LogP contribution in [0.3, 0.4) is 0 Å². The molecule has 2 rings (SSSR count). The van der Waals surface area contributed by atoms with Crippen molar-refractivity contribution >= 4 is 17.8 Å². The van der Waals surface area contributed by atoms with E-state index in [9.17, 15) is 14.4 Å². The fourth-order valence-electron chi connectivity index (χ4n) is 2.39. The summed E-state index contributed by atoms with van der Waals surface area (Å²) < 4.78 is 16.2. The number of benzene rings is 2. The second-order valence-electron chi connectivity index (χ2n) is 6.24. The van der Waals surface area contributed by atoms with Crippen LogP contribution in [0.2, 0.25) is 0 Å². The van der Waals surface area contributed by atoms with E-state index >= 15 is 0 Å². The van der Waals surface area contributed by atoms with Gasteiger partial charge in [-0.15, -0.1) is 0 Å². The molecule has 0 heterocycles. The highest BCUT2D eigenvalue weighted by Crippen LogP contribution is 2.29. The van der Waals surface area contributed by atoms with Crippen LogP contribution in [0.4, 0.5) is 0 Å². The van der Waals surface area contributed by atoms with Crippen LogP contribution in [0.1, 0.15) is 47.4 Å². The fraction of sp³-hybridized carbons (Fsp3) is 0.318. The topological polar surface area (TPSA) is 103 Å². The van der Waals surface area contributed by atoms with Crippen LogP contribution in [0.5, 0.6) is 11.5 Å². The lowest BCUT2D eigenvalue weighted by Gasteiger charge is -2.13. The third-order valence-corrected chi connectivity index (χ3v) is 3.92. The minimum absolute atomic E-state index is 0.224. The minimum atomic E-state index is -0.694. The molecule has 0 atom stereocenters. The predicted octanol–water partition coefficient (Wildman–Crippen LogP) is 2.88. The number of unbranched alkanes of at least 4 members (excludes halogenated alkanes) is 1. The molecule has 0 aliphatic heterocycles. The number of hydrogen-bond acceptors (Lipinski definition) is 6. The Morgan fingerprint density at radius 3 is 2.33 bits per heavy atom. The number of ether oxygens (including phenoxy) is 3. The average molecular weight is 414 g/mol. The van der Waals surface area contributed by atoms with Gasteiger partial charge in [-0.1, -0.05) is 31.5 Å². The minimum Gasteiger partial charge on any atom is -0.490 e. The Morgan fingerprint density at radius 2 is 1.63 bits per heavy atom. The molecule has 8 nitrogen and oxygen atoms in total. The molecule has 2 aromatic rings. The molecular weight excluding hydrogens is 388 g/mol. The molecule has 30 heavy (non-hydrogen) atoms.